The summed E-state index contributed by atoms with van der Waals surface area (Å²) in [5.41, 5.74) is 2.24. The Hall–Kier alpha value is -3.25. The molecule has 4 rings (SSSR count). The molecule has 0 saturated carbocycles. The van der Waals surface area contributed by atoms with E-state index in [1.807, 2.05) is 37.3 Å². The molecule has 2 N–H and O–H groups in total. The molecule has 36 heavy (non-hydrogen) atoms. The topological polar surface area (TPSA) is 105 Å². The van der Waals surface area contributed by atoms with E-state index in [0.717, 1.165) is 28.6 Å². The third-order valence-electron chi connectivity index (χ3n) is 5.43. The van der Waals surface area contributed by atoms with Crippen LogP contribution in [-0.2, 0) is 16.1 Å². The minimum Gasteiger partial charge on any atom is -0.497 e. The zero-order valence-corrected chi connectivity index (χ0v) is 21.5. The number of aryl methyl sites for hydroxylation is 1. The summed E-state index contributed by atoms with van der Waals surface area (Å²) in [6.07, 6.45) is 3.26. The van der Waals surface area contributed by atoms with Crippen molar-refractivity contribution < 1.29 is 19.4 Å². The smallest absolute Gasteiger partial charge is 0.267 e. The zero-order chi connectivity index (χ0) is 25.7. The number of carbonyl (C=O) groups excluding carboxylic acids is 1. The number of carbonyl (C=O) groups is 1. The van der Waals surface area contributed by atoms with E-state index in [9.17, 15) is 9.59 Å². The fraction of sp³-hybridized carbons (Fsp3) is 0.280. The largest absolute Gasteiger partial charge is 0.497 e. The first-order valence-corrected chi connectivity index (χ1v) is 12.5. The number of hydrogen-bond acceptors (Lipinski definition) is 9. The molecular formula is C25H26N4O5S2. The van der Waals surface area contributed by atoms with E-state index in [1.54, 1.807) is 25.4 Å². The lowest BCUT2D eigenvalue weighted by molar-refractivity contribution is -0.122. The van der Waals surface area contributed by atoms with Crippen LogP contribution in [0.2, 0.25) is 0 Å². The molecule has 0 bridgehead atoms. The van der Waals surface area contributed by atoms with E-state index in [2.05, 4.69) is 10.3 Å². The number of thiocarbonyl (C=S) groups is 1. The highest BCUT2D eigenvalue weighted by Crippen LogP contribution is 2.34. The number of anilines is 1. The van der Waals surface area contributed by atoms with Crippen LogP contribution in [0.25, 0.3) is 11.7 Å². The Bertz CT molecular complexity index is 1370. The van der Waals surface area contributed by atoms with Gasteiger partial charge in [-0.1, -0.05) is 42.2 Å². The Morgan fingerprint density at radius 2 is 1.94 bits per heavy atom. The molecule has 0 aliphatic carbocycles. The van der Waals surface area contributed by atoms with Gasteiger partial charge in [-0.3, -0.25) is 18.9 Å². The summed E-state index contributed by atoms with van der Waals surface area (Å²) in [4.78, 5) is 33.2. The summed E-state index contributed by atoms with van der Waals surface area (Å²) in [5.74, 6) is 0.800. The lowest BCUT2D eigenvalue weighted by Gasteiger charge is -2.15. The molecule has 11 heteroatoms. The molecule has 188 valence electrons. The molecule has 1 fully saturated rings. The number of aliphatic hydroxyl groups is 1. The molecule has 0 unspecified atom stereocenters. The van der Waals surface area contributed by atoms with Gasteiger partial charge in [0.25, 0.3) is 11.5 Å². The van der Waals surface area contributed by atoms with Crippen molar-refractivity contribution in [3.05, 3.63) is 74.5 Å². The number of thioether (sulfide) groups is 1. The van der Waals surface area contributed by atoms with Crippen molar-refractivity contribution in [1.82, 2.24) is 14.3 Å². The van der Waals surface area contributed by atoms with Crippen LogP contribution in [0.5, 0.6) is 5.75 Å². The van der Waals surface area contributed by atoms with Gasteiger partial charge in [0.15, 0.2) is 0 Å². The van der Waals surface area contributed by atoms with Gasteiger partial charge in [0.2, 0.25) is 0 Å². The van der Waals surface area contributed by atoms with Gasteiger partial charge in [0.1, 0.15) is 21.5 Å². The van der Waals surface area contributed by atoms with E-state index in [-0.39, 0.29) is 30.2 Å². The number of aliphatic hydroxyl groups excluding tert-OH is 1. The van der Waals surface area contributed by atoms with Gasteiger partial charge in [0, 0.05) is 12.7 Å². The van der Waals surface area contributed by atoms with Gasteiger partial charge in [-0.15, -0.1) is 0 Å². The highest BCUT2D eigenvalue weighted by Gasteiger charge is 2.32. The van der Waals surface area contributed by atoms with E-state index >= 15 is 0 Å². The number of methoxy groups -OCH3 is 1. The van der Waals surface area contributed by atoms with Gasteiger partial charge < -0.3 is 19.9 Å². The molecule has 3 heterocycles. The van der Waals surface area contributed by atoms with E-state index in [1.165, 1.54) is 9.30 Å². The average Bonchev–Trinajstić information content (AvgIpc) is 3.14. The third kappa shape index (κ3) is 5.76. The van der Waals surface area contributed by atoms with Crippen LogP contribution in [0, 0.1) is 6.92 Å². The zero-order valence-electron chi connectivity index (χ0n) is 19.9. The molecule has 1 aliphatic rings. The average molecular weight is 527 g/mol. The van der Waals surface area contributed by atoms with Crippen molar-refractivity contribution >= 4 is 51.7 Å². The molecule has 1 aromatic carbocycles. The number of amides is 1. The lowest BCUT2D eigenvalue weighted by atomic mass is 10.2. The molecular weight excluding hydrogens is 500 g/mol. The monoisotopic (exact) mass is 526 g/mol. The Morgan fingerprint density at radius 1 is 1.17 bits per heavy atom. The fourth-order valence-electron chi connectivity index (χ4n) is 3.61. The van der Waals surface area contributed by atoms with Crippen LogP contribution >= 0.6 is 24.0 Å². The normalized spacial score (nSPS) is 14.8. The summed E-state index contributed by atoms with van der Waals surface area (Å²) in [6.45, 7) is 3.04. The Morgan fingerprint density at radius 3 is 2.67 bits per heavy atom. The van der Waals surface area contributed by atoms with Gasteiger partial charge in [-0.05, 0) is 42.3 Å². The van der Waals surface area contributed by atoms with Crippen LogP contribution in [0.3, 0.4) is 0 Å². The van der Waals surface area contributed by atoms with E-state index in [0.29, 0.717) is 40.4 Å². The Balaban J connectivity index is 1.65. The van der Waals surface area contributed by atoms with Crippen molar-refractivity contribution in [3.63, 3.8) is 0 Å². The summed E-state index contributed by atoms with van der Waals surface area (Å²) in [6, 6.07) is 11.1. The highest BCUT2D eigenvalue weighted by molar-refractivity contribution is 8.26. The van der Waals surface area contributed by atoms with Crippen LogP contribution in [0.15, 0.2) is 52.3 Å². The van der Waals surface area contributed by atoms with Gasteiger partial charge >= 0.3 is 0 Å². The second-order valence-corrected chi connectivity index (χ2v) is 9.67. The summed E-state index contributed by atoms with van der Waals surface area (Å²) < 4.78 is 12.4. The third-order valence-corrected chi connectivity index (χ3v) is 6.81. The van der Waals surface area contributed by atoms with E-state index < -0.39 is 0 Å². The molecule has 0 atom stereocenters. The number of rotatable bonds is 10. The van der Waals surface area contributed by atoms with Crippen molar-refractivity contribution in [2.24, 2.45) is 0 Å². The first kappa shape index (κ1) is 25.8. The molecule has 9 nitrogen and oxygen atoms in total. The first-order valence-electron chi connectivity index (χ1n) is 11.2. The number of aromatic nitrogens is 2. The van der Waals surface area contributed by atoms with Crippen molar-refractivity contribution in [1.29, 1.82) is 0 Å². The maximum Gasteiger partial charge on any atom is 0.267 e. The predicted octanol–water partition coefficient (Wildman–Crippen LogP) is 2.83. The Labute approximate surface area is 217 Å². The van der Waals surface area contributed by atoms with Crippen molar-refractivity contribution in [2.75, 3.05) is 38.8 Å². The molecule has 1 aliphatic heterocycles. The van der Waals surface area contributed by atoms with Crippen molar-refractivity contribution in [2.45, 2.75) is 13.5 Å². The number of benzene rings is 1. The maximum atomic E-state index is 13.4. The van der Waals surface area contributed by atoms with Gasteiger partial charge in [-0.2, -0.15) is 0 Å². The number of ether oxygens (including phenoxy) is 2. The van der Waals surface area contributed by atoms with Crippen molar-refractivity contribution in [3.8, 4) is 5.75 Å². The molecule has 0 spiro atoms. The number of hydrogen-bond donors (Lipinski definition) is 2. The standard InChI is InChI=1S/C25H26N4O5S2/c1-16-3-8-21-27-22(26-9-11-34-12-10-30)19(23(31)28(21)14-16)13-20-24(32)29(25(35)36-20)15-17-4-6-18(33-2)7-5-17/h3-8,13-14,26,30H,9-12,15H2,1-2H3/b20-13-. The lowest BCUT2D eigenvalue weighted by Crippen LogP contribution is -2.27. The van der Waals surface area contributed by atoms with Crippen LogP contribution in [0.4, 0.5) is 5.82 Å². The van der Waals surface area contributed by atoms with Crippen LogP contribution in [-0.4, -0.2) is 63.1 Å². The molecule has 1 amide bonds. The minimum atomic E-state index is -0.303. The molecule has 3 aromatic rings. The number of fused-ring (bicyclic) bond motifs is 1. The number of nitrogens with one attached hydrogen (secondary N) is 1. The molecule has 1 saturated heterocycles. The van der Waals surface area contributed by atoms with Gasteiger partial charge in [-0.25, -0.2) is 4.98 Å². The minimum absolute atomic E-state index is 0.0709. The predicted molar refractivity (Wildman–Crippen MR) is 144 cm³/mol. The maximum absolute atomic E-state index is 13.4. The second-order valence-electron chi connectivity index (χ2n) is 7.99. The van der Waals surface area contributed by atoms with Crippen LogP contribution < -0.4 is 15.6 Å². The quantitative estimate of drug-likeness (QED) is 0.234. The summed E-state index contributed by atoms with van der Waals surface area (Å²) in [7, 11) is 1.60. The fourth-order valence-corrected chi connectivity index (χ4v) is 4.85. The summed E-state index contributed by atoms with van der Waals surface area (Å²) >= 11 is 6.63. The second kappa shape index (κ2) is 11.7. The van der Waals surface area contributed by atoms with Crippen LogP contribution in [0.1, 0.15) is 16.7 Å². The molecule has 0 radical (unpaired) electrons. The number of nitrogens with zero attached hydrogens (tertiary/aromatic N) is 3. The Kier molecular flexibility index (Phi) is 8.36. The SMILES string of the molecule is COc1ccc(CN2C(=O)/C(=C/c3c(NCCOCCO)nc4ccc(C)cn4c3=O)SC2=S)cc1. The molecule has 2 aromatic heterocycles. The first-order chi connectivity index (χ1) is 17.4. The number of pyridine rings is 1. The highest BCUT2D eigenvalue weighted by atomic mass is 32.2. The van der Waals surface area contributed by atoms with Gasteiger partial charge in [0.05, 0.1) is 43.9 Å². The van der Waals surface area contributed by atoms with E-state index in [4.69, 9.17) is 26.8 Å². The summed E-state index contributed by atoms with van der Waals surface area (Å²) in [5, 5.41) is 12.0.